The molecule has 0 aliphatic heterocycles. The summed E-state index contributed by atoms with van der Waals surface area (Å²) in [5, 5.41) is 2.88. The number of halogens is 1. The molecule has 2 aliphatic rings. The third kappa shape index (κ3) is 5.52. The van der Waals surface area contributed by atoms with Gasteiger partial charge in [0.25, 0.3) is 0 Å². The van der Waals surface area contributed by atoms with Crippen molar-refractivity contribution in [1.82, 2.24) is 10.3 Å². The lowest BCUT2D eigenvalue weighted by molar-refractivity contribution is -0.120. The van der Waals surface area contributed by atoms with E-state index in [0.717, 1.165) is 31.2 Å². The Kier molecular flexibility index (Phi) is 6.80. The number of hydrogen-bond acceptors (Lipinski definition) is 3. The Morgan fingerprint density at radius 3 is 2.93 bits per heavy atom. The lowest BCUT2D eigenvalue weighted by Crippen LogP contribution is -2.30. The molecule has 1 amide bonds. The zero-order valence-corrected chi connectivity index (χ0v) is 15.8. The first-order chi connectivity index (χ1) is 13.2. The van der Waals surface area contributed by atoms with Crippen molar-refractivity contribution in [2.45, 2.75) is 44.9 Å². The number of carbonyl (C=O) groups excluding carboxylic acids is 1. The van der Waals surface area contributed by atoms with E-state index in [1.165, 1.54) is 6.08 Å². The quantitative estimate of drug-likeness (QED) is 0.724. The van der Waals surface area contributed by atoms with E-state index in [-0.39, 0.29) is 24.1 Å². The van der Waals surface area contributed by atoms with Crippen molar-refractivity contribution >= 4 is 5.91 Å². The van der Waals surface area contributed by atoms with Crippen LogP contribution in [0.5, 0.6) is 5.88 Å². The van der Waals surface area contributed by atoms with Gasteiger partial charge in [0.15, 0.2) is 0 Å². The molecule has 2 aliphatic carbocycles. The Morgan fingerprint density at radius 1 is 1.30 bits per heavy atom. The third-order valence-electron chi connectivity index (χ3n) is 4.95. The molecule has 3 rings (SSSR count). The number of nitrogens with one attached hydrogen (secondary N) is 1. The summed E-state index contributed by atoms with van der Waals surface area (Å²) >= 11 is 0. The van der Waals surface area contributed by atoms with Gasteiger partial charge in [-0.25, -0.2) is 9.37 Å². The molecule has 1 heterocycles. The maximum atomic E-state index is 13.2. The van der Waals surface area contributed by atoms with Crippen LogP contribution in [0.4, 0.5) is 4.39 Å². The van der Waals surface area contributed by atoms with E-state index in [0.29, 0.717) is 30.6 Å². The van der Waals surface area contributed by atoms with Gasteiger partial charge in [-0.3, -0.25) is 4.79 Å². The number of amides is 1. The number of carbonyl (C=O) groups is 1. The minimum atomic E-state index is -0.239. The van der Waals surface area contributed by atoms with E-state index in [1.54, 1.807) is 12.2 Å². The predicted octanol–water partition coefficient (Wildman–Crippen LogP) is 4.39. The Labute approximate surface area is 160 Å². The standard InChI is InChI=1S/C22H27FN2O2/c1-2-27-22-20(17-8-4-3-5-9-17)12-11-19(25-22)14-21(26)24-15-16-7-6-10-18(23)13-16/h3-4,6,10-13,16-17H,2,5,7-9,14-15H2,1H3,(H,24,26)/t16-,17?/m1/s1. The molecule has 144 valence electrons. The van der Waals surface area contributed by atoms with Gasteiger partial charge in [0.05, 0.1) is 18.7 Å². The van der Waals surface area contributed by atoms with Crippen LogP contribution in [0.3, 0.4) is 0 Å². The van der Waals surface area contributed by atoms with Crippen molar-refractivity contribution in [1.29, 1.82) is 0 Å². The van der Waals surface area contributed by atoms with E-state index in [4.69, 9.17) is 4.74 Å². The van der Waals surface area contributed by atoms with Crippen molar-refractivity contribution in [2.24, 2.45) is 5.92 Å². The fourth-order valence-electron chi connectivity index (χ4n) is 3.55. The molecule has 1 unspecified atom stereocenters. The largest absolute Gasteiger partial charge is 0.478 e. The van der Waals surface area contributed by atoms with E-state index >= 15 is 0 Å². The molecule has 5 heteroatoms. The van der Waals surface area contributed by atoms with Crippen LogP contribution in [0.1, 0.15) is 49.8 Å². The second-order valence-electron chi connectivity index (χ2n) is 7.04. The van der Waals surface area contributed by atoms with Crippen LogP contribution in [0.15, 0.2) is 48.3 Å². The lowest BCUT2D eigenvalue weighted by Gasteiger charge is -2.21. The van der Waals surface area contributed by atoms with Crippen molar-refractivity contribution in [3.05, 3.63) is 59.6 Å². The van der Waals surface area contributed by atoms with Crippen LogP contribution in [0.25, 0.3) is 0 Å². The van der Waals surface area contributed by atoms with Crippen molar-refractivity contribution in [2.75, 3.05) is 13.2 Å². The smallest absolute Gasteiger partial charge is 0.226 e. The molecule has 0 radical (unpaired) electrons. The number of nitrogens with zero attached hydrogens (tertiary/aromatic N) is 1. The van der Waals surface area contributed by atoms with Crippen LogP contribution < -0.4 is 10.1 Å². The number of hydrogen-bond donors (Lipinski definition) is 1. The fraction of sp³-hybridized carbons (Fsp3) is 0.455. The maximum Gasteiger partial charge on any atom is 0.226 e. The Bertz CT molecular complexity index is 755. The maximum absolute atomic E-state index is 13.2. The second-order valence-corrected chi connectivity index (χ2v) is 7.04. The fourth-order valence-corrected chi connectivity index (χ4v) is 3.55. The van der Waals surface area contributed by atoms with Crippen molar-refractivity contribution < 1.29 is 13.9 Å². The molecule has 0 spiro atoms. The van der Waals surface area contributed by atoms with Crippen LogP contribution in [0.2, 0.25) is 0 Å². The van der Waals surface area contributed by atoms with Crippen LogP contribution in [0, 0.1) is 5.92 Å². The zero-order chi connectivity index (χ0) is 19.1. The highest BCUT2D eigenvalue weighted by Gasteiger charge is 2.19. The first kappa shape index (κ1) is 19.3. The molecule has 27 heavy (non-hydrogen) atoms. The Hall–Kier alpha value is -2.43. The lowest BCUT2D eigenvalue weighted by atomic mass is 9.88. The van der Waals surface area contributed by atoms with Crippen LogP contribution >= 0.6 is 0 Å². The van der Waals surface area contributed by atoms with Gasteiger partial charge < -0.3 is 10.1 Å². The summed E-state index contributed by atoms with van der Waals surface area (Å²) in [7, 11) is 0. The third-order valence-corrected chi connectivity index (χ3v) is 4.95. The van der Waals surface area contributed by atoms with Gasteiger partial charge in [-0.2, -0.15) is 0 Å². The summed E-state index contributed by atoms with van der Waals surface area (Å²) < 4.78 is 19.0. The average Bonchev–Trinajstić information content (AvgIpc) is 2.68. The number of pyridine rings is 1. The summed E-state index contributed by atoms with van der Waals surface area (Å²) in [5.74, 6) is 0.726. The summed E-state index contributed by atoms with van der Waals surface area (Å²) in [6.07, 6.45) is 13.3. The van der Waals surface area contributed by atoms with Gasteiger partial charge in [0, 0.05) is 18.0 Å². The van der Waals surface area contributed by atoms with Crippen LogP contribution in [-0.4, -0.2) is 24.0 Å². The highest BCUT2D eigenvalue weighted by Crippen LogP contribution is 2.34. The first-order valence-corrected chi connectivity index (χ1v) is 9.74. The molecule has 1 aromatic rings. The Balaban J connectivity index is 1.60. The van der Waals surface area contributed by atoms with Gasteiger partial charge in [0.1, 0.15) is 5.83 Å². The van der Waals surface area contributed by atoms with E-state index in [9.17, 15) is 9.18 Å². The summed E-state index contributed by atoms with van der Waals surface area (Å²) in [4.78, 5) is 16.9. The number of rotatable bonds is 7. The van der Waals surface area contributed by atoms with E-state index < -0.39 is 0 Å². The van der Waals surface area contributed by atoms with Gasteiger partial charge in [0.2, 0.25) is 11.8 Å². The zero-order valence-electron chi connectivity index (χ0n) is 15.8. The summed E-state index contributed by atoms with van der Waals surface area (Å²) in [6.45, 7) is 2.92. The molecular weight excluding hydrogens is 343 g/mol. The van der Waals surface area contributed by atoms with Crippen molar-refractivity contribution in [3.63, 3.8) is 0 Å². The molecular formula is C22H27FN2O2. The minimum absolute atomic E-state index is 0.00706. The monoisotopic (exact) mass is 370 g/mol. The summed E-state index contributed by atoms with van der Waals surface area (Å²) in [6, 6.07) is 3.97. The number of allylic oxidation sites excluding steroid dienone is 5. The average molecular weight is 370 g/mol. The van der Waals surface area contributed by atoms with E-state index in [1.807, 2.05) is 13.0 Å². The molecule has 1 N–H and O–H groups in total. The van der Waals surface area contributed by atoms with Gasteiger partial charge in [-0.05, 0) is 56.7 Å². The van der Waals surface area contributed by atoms with E-state index in [2.05, 4.69) is 28.5 Å². The molecule has 0 aromatic carbocycles. The van der Waals surface area contributed by atoms with Crippen LogP contribution in [-0.2, 0) is 11.2 Å². The molecule has 0 saturated carbocycles. The minimum Gasteiger partial charge on any atom is -0.478 e. The number of ether oxygens (including phenoxy) is 1. The van der Waals surface area contributed by atoms with Gasteiger partial charge in [-0.1, -0.05) is 24.3 Å². The highest BCUT2D eigenvalue weighted by atomic mass is 19.1. The van der Waals surface area contributed by atoms with Gasteiger partial charge >= 0.3 is 0 Å². The van der Waals surface area contributed by atoms with Crippen molar-refractivity contribution in [3.8, 4) is 5.88 Å². The van der Waals surface area contributed by atoms with Gasteiger partial charge in [-0.15, -0.1) is 0 Å². The number of aromatic nitrogens is 1. The molecule has 1 aromatic heterocycles. The molecule has 0 fully saturated rings. The summed E-state index contributed by atoms with van der Waals surface area (Å²) in [5.41, 5.74) is 1.82. The normalized spacial score (nSPS) is 21.6. The molecule has 0 bridgehead atoms. The molecule has 4 nitrogen and oxygen atoms in total. The highest BCUT2D eigenvalue weighted by molar-refractivity contribution is 5.78. The Morgan fingerprint density at radius 2 is 2.19 bits per heavy atom. The SMILES string of the molecule is CCOc1nc(CC(=O)NC[C@H]2C=C(F)C=CC2)ccc1C1CC=CCC1. The topological polar surface area (TPSA) is 51.2 Å². The molecule has 2 atom stereocenters. The first-order valence-electron chi connectivity index (χ1n) is 9.74. The predicted molar refractivity (Wildman–Crippen MR) is 104 cm³/mol. The molecule has 0 saturated heterocycles. The second kappa shape index (κ2) is 9.49.